The summed E-state index contributed by atoms with van der Waals surface area (Å²) in [6, 6.07) is 2.09. The van der Waals surface area contributed by atoms with E-state index >= 15 is 0 Å². The second kappa shape index (κ2) is 12.0. The molecule has 1 fully saturated rings. The van der Waals surface area contributed by atoms with Gasteiger partial charge in [0.2, 0.25) is 0 Å². The second-order valence-electron chi connectivity index (χ2n) is 9.12. The molecule has 0 spiro atoms. The Morgan fingerprint density at radius 3 is 2.68 bits per heavy atom. The summed E-state index contributed by atoms with van der Waals surface area (Å²) < 4.78 is 2.07. The third-order valence-electron chi connectivity index (χ3n) is 6.32. The molecule has 3 heterocycles. The lowest BCUT2D eigenvalue weighted by Crippen LogP contribution is -2.45. The summed E-state index contributed by atoms with van der Waals surface area (Å²) in [6.07, 6.45) is 14.9. The van der Waals surface area contributed by atoms with Crippen LogP contribution in [0.3, 0.4) is 0 Å². The normalized spacial score (nSPS) is 20.9. The number of nitrogens with zero attached hydrogens (tertiary/aromatic N) is 4. The average Bonchev–Trinajstić information content (AvgIpc) is 2.83. The van der Waals surface area contributed by atoms with Gasteiger partial charge in [0.1, 0.15) is 6.17 Å². The van der Waals surface area contributed by atoms with Crippen molar-refractivity contribution >= 4 is 36.4 Å². The van der Waals surface area contributed by atoms with Crippen LogP contribution in [0.5, 0.6) is 0 Å². The quantitative estimate of drug-likeness (QED) is 0.219. The maximum atomic E-state index is 6.25. The van der Waals surface area contributed by atoms with Gasteiger partial charge in [-0.2, -0.15) is 0 Å². The predicted molar refractivity (Wildman–Crippen MR) is 147 cm³/mol. The molecule has 0 amide bonds. The third-order valence-corrected chi connectivity index (χ3v) is 6.72. The Balaban J connectivity index is 1.70. The maximum absolute atomic E-state index is 6.25. The van der Waals surface area contributed by atoms with E-state index in [0.29, 0.717) is 11.7 Å². The number of allylic oxidation sites excluding steroid dienone is 3. The van der Waals surface area contributed by atoms with Crippen LogP contribution in [0, 0.1) is 11.8 Å². The molecule has 1 saturated heterocycles. The molecule has 0 radical (unpaired) electrons. The van der Waals surface area contributed by atoms with Gasteiger partial charge < -0.3 is 27.4 Å². The molecule has 0 aliphatic carbocycles. The van der Waals surface area contributed by atoms with Crippen LogP contribution in [0.4, 0.5) is 5.69 Å². The molecule has 9 heteroatoms. The Labute approximate surface area is 208 Å². The number of pyridine rings is 1. The van der Waals surface area contributed by atoms with E-state index in [9.17, 15) is 0 Å². The Bertz CT molecular complexity index is 987. The van der Waals surface area contributed by atoms with Crippen molar-refractivity contribution in [3.63, 3.8) is 0 Å². The highest BCUT2D eigenvalue weighted by atomic mass is 32.1. The summed E-state index contributed by atoms with van der Waals surface area (Å²) in [6.45, 7) is 6.97. The number of aliphatic imine (C=N–C) groups is 1. The van der Waals surface area contributed by atoms with E-state index in [1.807, 2.05) is 37.7 Å². The van der Waals surface area contributed by atoms with Crippen molar-refractivity contribution in [3.05, 3.63) is 59.5 Å². The number of likely N-dealkylation sites (N-methyl/N-ethyl adjacent to an activating group) is 1. The van der Waals surface area contributed by atoms with Crippen LogP contribution >= 0.6 is 12.8 Å². The smallest absolute Gasteiger partial charge is 0.120 e. The van der Waals surface area contributed by atoms with Crippen LogP contribution in [0.25, 0.3) is 11.6 Å². The molecule has 1 aromatic rings. The Hall–Kier alpha value is -2.91. The number of hydrogen-bond donors (Lipinski definition) is 5. The van der Waals surface area contributed by atoms with Crippen LogP contribution in [0.15, 0.2) is 53.2 Å². The minimum atomic E-state index is -0.122. The Morgan fingerprint density at radius 1 is 1.29 bits per heavy atom. The standard InChI is InChI=1S/C25H38N8S/c1-17(2)19(12-26)11-24(28)31-25-5-4-22-23(32(25)3)10-20(16-30-22)21(13-27)15-29-14-18-6-8-33(34)9-7-18/h4-5,10-13,15-18,25,31,34H,6-9,14,26-28H2,1-3H3/b19-12+,21-13?,24-11+,29-15?. The Kier molecular flexibility index (Phi) is 9.06. The molecule has 0 saturated carbocycles. The number of anilines is 1. The first-order valence-corrected chi connectivity index (χ1v) is 12.1. The fourth-order valence-electron chi connectivity index (χ4n) is 4.05. The molecule has 34 heavy (non-hydrogen) atoms. The lowest BCUT2D eigenvalue weighted by molar-refractivity contribution is 0.300. The predicted octanol–water partition coefficient (Wildman–Crippen LogP) is 2.69. The van der Waals surface area contributed by atoms with E-state index < -0.39 is 0 Å². The summed E-state index contributed by atoms with van der Waals surface area (Å²) >= 11 is 4.42. The minimum absolute atomic E-state index is 0.122. The number of piperidine rings is 1. The van der Waals surface area contributed by atoms with E-state index in [1.165, 1.54) is 0 Å². The van der Waals surface area contributed by atoms with Gasteiger partial charge >= 0.3 is 0 Å². The molecule has 7 N–H and O–H groups in total. The van der Waals surface area contributed by atoms with Crippen molar-refractivity contribution in [1.82, 2.24) is 14.6 Å². The van der Waals surface area contributed by atoms with Gasteiger partial charge in [-0.1, -0.05) is 26.7 Å². The minimum Gasteiger partial charge on any atom is -0.404 e. The van der Waals surface area contributed by atoms with Crippen LogP contribution in [-0.2, 0) is 0 Å². The fraction of sp³-hybridized carbons (Fsp3) is 0.440. The molecule has 1 aromatic heterocycles. The van der Waals surface area contributed by atoms with Crippen LogP contribution in [-0.4, -0.2) is 48.4 Å². The maximum Gasteiger partial charge on any atom is 0.120 e. The number of thiol groups is 1. The van der Waals surface area contributed by atoms with Crippen molar-refractivity contribution in [3.8, 4) is 0 Å². The zero-order chi connectivity index (χ0) is 24.7. The second-order valence-corrected chi connectivity index (χ2v) is 9.69. The molecule has 0 bridgehead atoms. The van der Waals surface area contributed by atoms with Crippen molar-refractivity contribution < 1.29 is 0 Å². The molecular weight excluding hydrogens is 444 g/mol. The molecule has 1 unspecified atom stereocenters. The lowest BCUT2D eigenvalue weighted by Gasteiger charge is -2.33. The van der Waals surface area contributed by atoms with Crippen molar-refractivity contribution in [2.24, 2.45) is 34.0 Å². The van der Waals surface area contributed by atoms with Crippen LogP contribution in [0.2, 0.25) is 0 Å². The van der Waals surface area contributed by atoms with E-state index in [4.69, 9.17) is 17.2 Å². The summed E-state index contributed by atoms with van der Waals surface area (Å²) in [5, 5.41) is 3.34. The first-order valence-electron chi connectivity index (χ1n) is 11.7. The number of nitrogens with two attached hydrogens (primary N) is 3. The summed E-state index contributed by atoms with van der Waals surface area (Å²) in [5.41, 5.74) is 22.6. The lowest BCUT2D eigenvalue weighted by atomic mass is 9.98. The zero-order valence-electron chi connectivity index (χ0n) is 20.4. The summed E-state index contributed by atoms with van der Waals surface area (Å²) in [7, 11) is 2.01. The highest BCUT2D eigenvalue weighted by Crippen LogP contribution is 2.28. The number of fused-ring (bicyclic) bond motifs is 1. The van der Waals surface area contributed by atoms with Gasteiger partial charge in [0, 0.05) is 56.4 Å². The van der Waals surface area contributed by atoms with Gasteiger partial charge in [0.15, 0.2) is 0 Å². The molecule has 1 atom stereocenters. The van der Waals surface area contributed by atoms with Crippen LogP contribution in [0.1, 0.15) is 37.9 Å². The van der Waals surface area contributed by atoms with Gasteiger partial charge in [0.25, 0.3) is 0 Å². The van der Waals surface area contributed by atoms with Gasteiger partial charge in [-0.25, -0.2) is 0 Å². The molecule has 8 nitrogen and oxygen atoms in total. The SMILES string of the molecule is CC(C)C(=C/N)/C=C(\N)NC1C=Cc2ncc(C(C=NCC3CCN(S)CC3)=CN)cc2N1C. The number of nitrogens with one attached hydrogen (secondary N) is 1. The topological polar surface area (TPSA) is 122 Å². The first-order chi connectivity index (χ1) is 16.3. The highest BCUT2D eigenvalue weighted by molar-refractivity contribution is 7.77. The van der Waals surface area contributed by atoms with Gasteiger partial charge in [-0.3, -0.25) is 14.3 Å². The molecule has 3 rings (SSSR count). The number of hydrogen-bond acceptors (Lipinski definition) is 9. The van der Waals surface area contributed by atoms with Crippen molar-refractivity contribution in [1.29, 1.82) is 0 Å². The number of rotatable bonds is 8. The number of aromatic nitrogens is 1. The van der Waals surface area contributed by atoms with Crippen LogP contribution < -0.4 is 27.4 Å². The van der Waals surface area contributed by atoms with E-state index in [2.05, 4.69) is 57.2 Å². The molecule has 184 valence electrons. The molecule has 2 aliphatic rings. The Morgan fingerprint density at radius 2 is 2.03 bits per heavy atom. The molecule has 0 aromatic carbocycles. The highest BCUT2D eigenvalue weighted by Gasteiger charge is 2.21. The van der Waals surface area contributed by atoms with E-state index in [1.54, 1.807) is 12.4 Å². The third kappa shape index (κ3) is 6.57. The average molecular weight is 483 g/mol. The summed E-state index contributed by atoms with van der Waals surface area (Å²) in [4.78, 5) is 11.4. The van der Waals surface area contributed by atoms with E-state index in [-0.39, 0.29) is 12.1 Å². The van der Waals surface area contributed by atoms with Gasteiger partial charge in [0.05, 0.1) is 17.2 Å². The summed E-state index contributed by atoms with van der Waals surface area (Å²) in [5.74, 6) is 1.43. The molecular formula is C25H38N8S. The van der Waals surface area contributed by atoms with Gasteiger partial charge in [-0.05, 0) is 60.7 Å². The first kappa shape index (κ1) is 25.7. The fourth-order valence-corrected chi connectivity index (χ4v) is 4.28. The van der Waals surface area contributed by atoms with Gasteiger partial charge in [-0.15, -0.1) is 0 Å². The molecule has 2 aliphatic heterocycles. The monoisotopic (exact) mass is 482 g/mol. The largest absolute Gasteiger partial charge is 0.404 e. The zero-order valence-corrected chi connectivity index (χ0v) is 21.2. The van der Waals surface area contributed by atoms with Crippen molar-refractivity contribution in [2.75, 3.05) is 31.6 Å². The van der Waals surface area contributed by atoms with E-state index in [0.717, 1.165) is 60.6 Å². The van der Waals surface area contributed by atoms with Crippen molar-refractivity contribution in [2.45, 2.75) is 32.9 Å².